The van der Waals surface area contributed by atoms with Crippen LogP contribution in [0, 0.1) is 0 Å². The molecule has 0 fully saturated rings. The highest BCUT2D eigenvalue weighted by molar-refractivity contribution is 5.12. The number of hydrogen-bond acceptors (Lipinski definition) is 2. The maximum atomic E-state index is 4.32. The van der Waals surface area contributed by atoms with E-state index < -0.39 is 0 Å². The molecule has 0 saturated heterocycles. The summed E-state index contributed by atoms with van der Waals surface area (Å²) in [6, 6.07) is 0. The molecule has 2 rings (SSSR count). The summed E-state index contributed by atoms with van der Waals surface area (Å²) in [5.41, 5.74) is 0. The van der Waals surface area contributed by atoms with E-state index in [2.05, 4.69) is 16.9 Å². The summed E-state index contributed by atoms with van der Waals surface area (Å²) in [6.45, 7) is 2.12. The summed E-state index contributed by atoms with van der Waals surface area (Å²) < 4.78 is 4.05. The van der Waals surface area contributed by atoms with Crippen molar-refractivity contribution < 1.29 is 0 Å². The van der Waals surface area contributed by atoms with Crippen LogP contribution in [0.1, 0.15) is 24.5 Å². The number of aryl methyl sites for hydroxylation is 2. The van der Waals surface area contributed by atoms with Crippen LogP contribution in [-0.2, 0) is 14.1 Å². The van der Waals surface area contributed by atoms with Crippen molar-refractivity contribution in [1.82, 2.24) is 19.1 Å². The van der Waals surface area contributed by atoms with Crippen LogP contribution in [0.5, 0.6) is 0 Å². The summed E-state index contributed by atoms with van der Waals surface area (Å²) in [6.07, 6.45) is 7.53. The molecule has 2 aromatic rings. The smallest absolute Gasteiger partial charge is 0.118 e. The molecule has 4 nitrogen and oxygen atoms in total. The van der Waals surface area contributed by atoms with Gasteiger partial charge in [0.15, 0.2) is 0 Å². The van der Waals surface area contributed by atoms with Crippen molar-refractivity contribution in [3.8, 4) is 0 Å². The first-order valence-corrected chi connectivity index (χ1v) is 4.64. The van der Waals surface area contributed by atoms with Gasteiger partial charge in [-0.3, -0.25) is 0 Å². The van der Waals surface area contributed by atoms with Crippen molar-refractivity contribution in [1.29, 1.82) is 0 Å². The standard InChI is InChI=1S/C10H14N4/c1-8(9-11-4-6-13(9)2)10-12-5-7-14(10)3/h4-8H,1-3H3. The SMILES string of the molecule is CC(c1nccn1C)c1nccn1C. The Labute approximate surface area is 83.2 Å². The second-order valence-electron chi connectivity index (χ2n) is 3.51. The molecule has 0 N–H and O–H groups in total. The number of hydrogen-bond donors (Lipinski definition) is 0. The molecule has 0 atom stereocenters. The van der Waals surface area contributed by atoms with Crippen LogP contribution in [0.3, 0.4) is 0 Å². The van der Waals surface area contributed by atoms with Gasteiger partial charge in [-0.15, -0.1) is 0 Å². The average molecular weight is 190 g/mol. The highest BCUT2D eigenvalue weighted by Crippen LogP contribution is 2.19. The van der Waals surface area contributed by atoms with Gasteiger partial charge in [-0.2, -0.15) is 0 Å². The summed E-state index contributed by atoms with van der Waals surface area (Å²) in [5, 5.41) is 0. The van der Waals surface area contributed by atoms with Gasteiger partial charge < -0.3 is 9.13 Å². The van der Waals surface area contributed by atoms with Gasteiger partial charge >= 0.3 is 0 Å². The third kappa shape index (κ3) is 1.32. The molecule has 0 saturated carbocycles. The molecule has 0 aliphatic heterocycles. The molecule has 0 aliphatic rings. The molecule has 14 heavy (non-hydrogen) atoms. The second-order valence-corrected chi connectivity index (χ2v) is 3.51. The Kier molecular flexibility index (Phi) is 2.11. The molecule has 4 heteroatoms. The number of aromatic nitrogens is 4. The van der Waals surface area contributed by atoms with Gasteiger partial charge in [0.25, 0.3) is 0 Å². The van der Waals surface area contributed by atoms with Crippen molar-refractivity contribution in [2.24, 2.45) is 14.1 Å². The monoisotopic (exact) mass is 190 g/mol. The quantitative estimate of drug-likeness (QED) is 0.715. The minimum atomic E-state index is 0.231. The van der Waals surface area contributed by atoms with Crippen molar-refractivity contribution in [2.45, 2.75) is 12.8 Å². The zero-order valence-electron chi connectivity index (χ0n) is 8.68. The molecule has 0 bridgehead atoms. The van der Waals surface area contributed by atoms with Gasteiger partial charge in [0.2, 0.25) is 0 Å². The van der Waals surface area contributed by atoms with Gasteiger partial charge in [-0.1, -0.05) is 0 Å². The van der Waals surface area contributed by atoms with E-state index in [1.165, 1.54) is 0 Å². The summed E-state index contributed by atoms with van der Waals surface area (Å²) in [5.74, 6) is 2.31. The molecule has 0 radical (unpaired) electrons. The van der Waals surface area contributed by atoms with E-state index in [9.17, 15) is 0 Å². The van der Waals surface area contributed by atoms with Gasteiger partial charge in [-0.05, 0) is 6.92 Å². The van der Waals surface area contributed by atoms with E-state index in [1.54, 1.807) is 0 Å². The largest absolute Gasteiger partial charge is 0.337 e. The van der Waals surface area contributed by atoms with E-state index in [4.69, 9.17) is 0 Å². The molecule has 0 unspecified atom stereocenters. The molecular weight excluding hydrogens is 176 g/mol. The van der Waals surface area contributed by atoms with Crippen molar-refractivity contribution in [3.63, 3.8) is 0 Å². The highest BCUT2D eigenvalue weighted by atomic mass is 15.1. The van der Waals surface area contributed by atoms with Gasteiger partial charge in [0.05, 0.1) is 5.92 Å². The minimum Gasteiger partial charge on any atom is -0.337 e. The van der Waals surface area contributed by atoms with E-state index in [1.807, 2.05) is 48.0 Å². The van der Waals surface area contributed by atoms with Crippen LogP contribution in [-0.4, -0.2) is 19.1 Å². The van der Waals surface area contributed by atoms with E-state index >= 15 is 0 Å². The van der Waals surface area contributed by atoms with Crippen LogP contribution < -0.4 is 0 Å². The van der Waals surface area contributed by atoms with E-state index in [0.29, 0.717) is 0 Å². The van der Waals surface area contributed by atoms with Gasteiger partial charge in [0.1, 0.15) is 11.6 Å². The van der Waals surface area contributed by atoms with Gasteiger partial charge in [-0.25, -0.2) is 9.97 Å². The lowest BCUT2D eigenvalue weighted by Crippen LogP contribution is -2.09. The Hall–Kier alpha value is -1.58. The number of imidazole rings is 2. The third-order valence-corrected chi connectivity index (χ3v) is 2.49. The third-order valence-electron chi connectivity index (χ3n) is 2.49. The molecule has 2 heterocycles. The van der Waals surface area contributed by atoms with Gasteiger partial charge in [0, 0.05) is 38.9 Å². The Morgan fingerprint density at radius 3 is 1.71 bits per heavy atom. The predicted molar refractivity (Wildman–Crippen MR) is 53.9 cm³/mol. The normalized spacial score (nSPS) is 11.1. The summed E-state index contributed by atoms with van der Waals surface area (Å²) in [7, 11) is 4.00. The van der Waals surface area contributed by atoms with Crippen molar-refractivity contribution in [2.75, 3.05) is 0 Å². The van der Waals surface area contributed by atoms with Crippen LogP contribution >= 0.6 is 0 Å². The molecule has 74 valence electrons. The minimum absolute atomic E-state index is 0.231. The lowest BCUT2D eigenvalue weighted by atomic mass is 10.1. The fourth-order valence-electron chi connectivity index (χ4n) is 1.70. The maximum Gasteiger partial charge on any atom is 0.118 e. The number of nitrogens with zero attached hydrogens (tertiary/aromatic N) is 4. The molecule has 0 aliphatic carbocycles. The lowest BCUT2D eigenvalue weighted by molar-refractivity contribution is 0.669. The Morgan fingerprint density at radius 2 is 1.43 bits per heavy atom. The first kappa shape index (κ1) is 8.99. The molecular formula is C10H14N4. The van der Waals surface area contributed by atoms with Crippen LogP contribution in [0.15, 0.2) is 24.8 Å². The summed E-state index contributed by atoms with van der Waals surface area (Å²) in [4.78, 5) is 8.64. The second kappa shape index (κ2) is 3.29. The highest BCUT2D eigenvalue weighted by Gasteiger charge is 2.16. The van der Waals surface area contributed by atoms with Crippen LogP contribution in [0.25, 0.3) is 0 Å². The molecule has 0 aromatic carbocycles. The van der Waals surface area contributed by atoms with E-state index in [-0.39, 0.29) is 5.92 Å². The zero-order valence-corrected chi connectivity index (χ0v) is 8.68. The molecule has 0 spiro atoms. The zero-order chi connectivity index (χ0) is 10.1. The topological polar surface area (TPSA) is 35.6 Å². The number of rotatable bonds is 2. The van der Waals surface area contributed by atoms with Crippen LogP contribution in [0.4, 0.5) is 0 Å². The molecule has 0 amide bonds. The Bertz CT molecular complexity index is 387. The summed E-state index contributed by atoms with van der Waals surface area (Å²) >= 11 is 0. The lowest BCUT2D eigenvalue weighted by Gasteiger charge is -2.10. The Balaban J connectivity index is 2.38. The van der Waals surface area contributed by atoms with E-state index in [0.717, 1.165) is 11.6 Å². The first-order chi connectivity index (χ1) is 6.70. The fourth-order valence-corrected chi connectivity index (χ4v) is 1.70. The van der Waals surface area contributed by atoms with Crippen molar-refractivity contribution in [3.05, 3.63) is 36.4 Å². The first-order valence-electron chi connectivity index (χ1n) is 4.64. The predicted octanol–water partition coefficient (Wildman–Crippen LogP) is 1.31. The average Bonchev–Trinajstić information content (AvgIpc) is 2.73. The fraction of sp³-hybridized carbons (Fsp3) is 0.400. The maximum absolute atomic E-state index is 4.32. The Morgan fingerprint density at radius 1 is 1.00 bits per heavy atom. The van der Waals surface area contributed by atoms with Crippen LogP contribution in [0.2, 0.25) is 0 Å². The van der Waals surface area contributed by atoms with Crippen molar-refractivity contribution >= 4 is 0 Å². The molecule has 2 aromatic heterocycles.